The van der Waals surface area contributed by atoms with E-state index in [4.69, 9.17) is 0 Å². The molecule has 0 aliphatic heterocycles. The highest BCUT2D eigenvalue weighted by atomic mass is 32.1. The van der Waals surface area contributed by atoms with Gasteiger partial charge in [0.2, 0.25) is 5.43 Å². The lowest BCUT2D eigenvalue weighted by Gasteiger charge is -2.16. The summed E-state index contributed by atoms with van der Waals surface area (Å²) < 4.78 is 32.1. The first-order chi connectivity index (χ1) is 13.9. The fraction of sp³-hybridized carbons (Fsp3) is 0.333. The number of pyridine rings is 1. The van der Waals surface area contributed by atoms with Crippen molar-refractivity contribution in [1.82, 2.24) is 4.57 Å². The number of aromatic nitrogens is 1. The molecule has 5 nitrogen and oxygen atoms in total. The molecular weight excluding hydrogens is 400 g/mol. The zero-order valence-corrected chi connectivity index (χ0v) is 16.1. The van der Waals surface area contributed by atoms with Crippen molar-refractivity contribution < 1.29 is 23.8 Å². The molecule has 150 valence electrons. The summed E-state index contributed by atoms with van der Waals surface area (Å²) in [6.07, 6.45) is 4.19. The standard InChI is InChI=1S/C21H17F2NO4S/c22-13-7-11-18(24(10-4-5-10)8-12(19(11)26)21(27)28)17(23)16(13)15-6-9-2-1-3-14(25)20(9)29-15/h6-8,10,14,25H,1-5H2,(H,27,28). The molecule has 29 heavy (non-hydrogen) atoms. The van der Waals surface area contributed by atoms with Crippen LogP contribution in [0.3, 0.4) is 0 Å². The van der Waals surface area contributed by atoms with E-state index in [-0.39, 0.29) is 22.5 Å². The number of aromatic carboxylic acids is 1. The average Bonchev–Trinajstić information content (AvgIpc) is 3.42. The van der Waals surface area contributed by atoms with Gasteiger partial charge >= 0.3 is 5.97 Å². The number of halogens is 2. The molecular formula is C21H17F2NO4S. The predicted octanol–water partition coefficient (Wildman–Crippen LogP) is 4.41. The van der Waals surface area contributed by atoms with E-state index < -0.39 is 34.7 Å². The minimum atomic E-state index is -1.42. The van der Waals surface area contributed by atoms with Crippen LogP contribution < -0.4 is 5.43 Å². The Morgan fingerprint density at radius 2 is 1.97 bits per heavy atom. The first kappa shape index (κ1) is 18.4. The van der Waals surface area contributed by atoms with E-state index in [2.05, 4.69) is 0 Å². The van der Waals surface area contributed by atoms with Gasteiger partial charge in [0.1, 0.15) is 11.4 Å². The maximum absolute atomic E-state index is 15.6. The second-order valence-electron chi connectivity index (χ2n) is 7.67. The van der Waals surface area contributed by atoms with Crippen LogP contribution in [0.2, 0.25) is 0 Å². The number of aryl methyl sites for hydroxylation is 1. The van der Waals surface area contributed by atoms with Gasteiger partial charge in [-0.1, -0.05) is 0 Å². The summed E-state index contributed by atoms with van der Waals surface area (Å²) in [5, 5.41) is 19.2. The van der Waals surface area contributed by atoms with Crippen LogP contribution in [0, 0.1) is 11.6 Å². The minimum Gasteiger partial charge on any atom is -0.477 e. The Balaban J connectivity index is 1.81. The lowest BCUT2D eigenvalue weighted by atomic mass is 9.96. The van der Waals surface area contributed by atoms with Gasteiger partial charge in [0.05, 0.1) is 22.6 Å². The number of carbonyl (C=O) groups is 1. The highest BCUT2D eigenvalue weighted by molar-refractivity contribution is 7.15. The van der Waals surface area contributed by atoms with Crippen molar-refractivity contribution in [1.29, 1.82) is 0 Å². The Morgan fingerprint density at radius 1 is 1.21 bits per heavy atom. The zero-order chi connectivity index (χ0) is 20.4. The van der Waals surface area contributed by atoms with Crippen LogP contribution >= 0.6 is 11.3 Å². The Labute approximate surface area is 167 Å². The largest absolute Gasteiger partial charge is 0.477 e. The van der Waals surface area contributed by atoms with E-state index in [0.29, 0.717) is 11.3 Å². The zero-order valence-electron chi connectivity index (χ0n) is 15.2. The number of rotatable bonds is 3. The van der Waals surface area contributed by atoms with Crippen molar-refractivity contribution >= 4 is 28.2 Å². The lowest BCUT2D eigenvalue weighted by Crippen LogP contribution is -2.20. The van der Waals surface area contributed by atoms with E-state index in [1.807, 2.05) is 0 Å². The van der Waals surface area contributed by atoms with Crippen LogP contribution in [0.1, 0.15) is 58.6 Å². The summed E-state index contributed by atoms with van der Waals surface area (Å²) in [7, 11) is 0. The van der Waals surface area contributed by atoms with Gasteiger partial charge in [0.15, 0.2) is 5.82 Å². The molecule has 2 aliphatic carbocycles. The third kappa shape index (κ3) is 2.81. The summed E-state index contributed by atoms with van der Waals surface area (Å²) >= 11 is 1.16. The number of aliphatic hydroxyl groups is 1. The fourth-order valence-corrected chi connectivity index (χ4v) is 5.39. The maximum Gasteiger partial charge on any atom is 0.341 e. The van der Waals surface area contributed by atoms with Gasteiger partial charge in [-0.25, -0.2) is 13.6 Å². The quantitative estimate of drug-likeness (QED) is 0.662. The smallest absolute Gasteiger partial charge is 0.341 e. The van der Waals surface area contributed by atoms with Crippen molar-refractivity contribution in [3.8, 4) is 10.4 Å². The summed E-state index contributed by atoms with van der Waals surface area (Å²) in [6.45, 7) is 0. The molecule has 0 saturated heterocycles. The molecule has 1 aromatic carbocycles. The van der Waals surface area contributed by atoms with Crippen molar-refractivity contribution in [2.45, 2.75) is 44.2 Å². The molecule has 2 heterocycles. The molecule has 1 unspecified atom stereocenters. The molecule has 0 spiro atoms. The topological polar surface area (TPSA) is 79.5 Å². The first-order valence-corrected chi connectivity index (χ1v) is 10.3. The van der Waals surface area contributed by atoms with Gasteiger partial charge in [0.25, 0.3) is 0 Å². The van der Waals surface area contributed by atoms with Gasteiger partial charge in [-0.3, -0.25) is 4.79 Å². The van der Waals surface area contributed by atoms with E-state index >= 15 is 4.39 Å². The Hall–Kier alpha value is -2.58. The third-order valence-corrected chi connectivity index (χ3v) is 6.99. The number of nitrogens with zero attached hydrogens (tertiary/aromatic N) is 1. The van der Waals surface area contributed by atoms with Crippen LogP contribution in [-0.4, -0.2) is 20.7 Å². The van der Waals surface area contributed by atoms with Crippen LogP contribution in [0.15, 0.2) is 23.1 Å². The van der Waals surface area contributed by atoms with Gasteiger partial charge in [-0.15, -0.1) is 11.3 Å². The molecule has 8 heteroatoms. The SMILES string of the molecule is O=C(O)c1cn(C2CC2)c2c(F)c(-c3cc4c(s3)C(O)CCC4)c(F)cc2c1=O. The molecule has 1 atom stereocenters. The molecule has 5 rings (SSSR count). The van der Waals surface area contributed by atoms with Gasteiger partial charge in [-0.2, -0.15) is 0 Å². The van der Waals surface area contributed by atoms with Crippen molar-refractivity contribution in [2.24, 2.45) is 0 Å². The predicted molar refractivity (Wildman–Crippen MR) is 105 cm³/mol. The number of hydrogen-bond acceptors (Lipinski definition) is 4. The minimum absolute atomic E-state index is 0.0641. The normalized spacial score (nSPS) is 18.8. The highest BCUT2D eigenvalue weighted by Crippen LogP contribution is 2.44. The number of fused-ring (bicyclic) bond motifs is 2. The van der Waals surface area contributed by atoms with Crippen LogP contribution in [0.4, 0.5) is 8.78 Å². The summed E-state index contributed by atoms with van der Waals surface area (Å²) in [6, 6.07) is 2.54. The number of thiophene rings is 1. The number of hydrogen-bond donors (Lipinski definition) is 2. The lowest BCUT2D eigenvalue weighted by molar-refractivity contribution is 0.0694. The highest BCUT2D eigenvalue weighted by Gasteiger charge is 2.31. The van der Waals surface area contributed by atoms with E-state index in [1.54, 1.807) is 6.07 Å². The second kappa shape index (κ2) is 6.47. The molecule has 2 aromatic heterocycles. The van der Waals surface area contributed by atoms with Crippen molar-refractivity contribution in [2.75, 3.05) is 0 Å². The van der Waals surface area contributed by atoms with Crippen LogP contribution in [0.25, 0.3) is 21.3 Å². The molecule has 1 fully saturated rings. The van der Waals surface area contributed by atoms with Crippen LogP contribution in [0.5, 0.6) is 0 Å². The Morgan fingerprint density at radius 3 is 2.62 bits per heavy atom. The van der Waals surface area contributed by atoms with Gasteiger partial charge in [-0.05, 0) is 49.8 Å². The summed E-state index contributed by atoms with van der Waals surface area (Å²) in [5.74, 6) is -3.20. The number of aliphatic hydroxyl groups excluding tert-OH is 1. The first-order valence-electron chi connectivity index (χ1n) is 9.48. The third-order valence-electron chi connectivity index (χ3n) is 5.69. The van der Waals surface area contributed by atoms with Crippen molar-refractivity contribution in [3.05, 3.63) is 56.2 Å². The molecule has 0 bridgehead atoms. The van der Waals surface area contributed by atoms with E-state index in [0.717, 1.165) is 53.5 Å². The summed E-state index contributed by atoms with van der Waals surface area (Å²) in [4.78, 5) is 25.1. The van der Waals surface area contributed by atoms with Crippen LogP contribution in [-0.2, 0) is 6.42 Å². The van der Waals surface area contributed by atoms with Gasteiger partial charge < -0.3 is 14.8 Å². The number of carboxylic acids is 1. The average molecular weight is 417 g/mol. The molecule has 1 saturated carbocycles. The molecule has 0 amide bonds. The molecule has 2 aliphatic rings. The Kier molecular flexibility index (Phi) is 4.11. The maximum atomic E-state index is 15.6. The number of carboxylic acid groups (broad SMARTS) is 1. The summed E-state index contributed by atoms with van der Waals surface area (Å²) in [5.41, 5.74) is -0.796. The number of benzene rings is 1. The Bertz CT molecular complexity index is 1240. The van der Waals surface area contributed by atoms with E-state index in [9.17, 15) is 24.2 Å². The molecule has 0 radical (unpaired) electrons. The second-order valence-corrected chi connectivity index (χ2v) is 8.75. The fourth-order valence-electron chi connectivity index (χ4n) is 4.12. The monoisotopic (exact) mass is 417 g/mol. The molecule has 3 aromatic rings. The van der Waals surface area contributed by atoms with Crippen molar-refractivity contribution in [3.63, 3.8) is 0 Å². The van der Waals surface area contributed by atoms with E-state index in [1.165, 1.54) is 10.8 Å². The molecule has 2 N–H and O–H groups in total. The van der Waals surface area contributed by atoms with Gasteiger partial charge in [0, 0.05) is 22.0 Å².